The molecule has 1 aliphatic carbocycles. The van der Waals surface area contributed by atoms with Gasteiger partial charge in [-0.25, -0.2) is 4.98 Å². The number of nitrogens with two attached hydrogens (primary N) is 1. The lowest BCUT2D eigenvalue weighted by Crippen LogP contribution is -2.39. The summed E-state index contributed by atoms with van der Waals surface area (Å²) in [5, 5.41) is 3.67. The summed E-state index contributed by atoms with van der Waals surface area (Å²) in [6.45, 7) is 1.90. The molecule has 0 fully saturated rings. The third-order valence-corrected chi connectivity index (χ3v) is 4.93. The summed E-state index contributed by atoms with van der Waals surface area (Å²) in [6.07, 6.45) is 3.34. The molecule has 110 valence electrons. The Morgan fingerprint density at radius 2 is 2.19 bits per heavy atom. The second-order valence-electron chi connectivity index (χ2n) is 5.51. The highest BCUT2D eigenvalue weighted by atomic mass is 32.1. The third kappa shape index (κ3) is 3.24. The lowest BCUT2D eigenvalue weighted by Gasteiger charge is -2.25. The average molecular weight is 301 g/mol. The number of nitrogen functional groups attached to an aromatic ring is 1. The Labute approximate surface area is 128 Å². The molecular weight excluding hydrogens is 282 g/mol. The van der Waals surface area contributed by atoms with Crippen molar-refractivity contribution in [1.29, 1.82) is 0 Å². The van der Waals surface area contributed by atoms with E-state index in [1.165, 1.54) is 22.5 Å². The molecule has 1 aliphatic rings. The number of nitrogens with zero attached hydrogens (tertiary/aromatic N) is 1. The molecule has 0 unspecified atom stereocenters. The average Bonchev–Trinajstić information content (AvgIpc) is 2.76. The van der Waals surface area contributed by atoms with Crippen LogP contribution in [0.3, 0.4) is 0 Å². The number of anilines is 1. The van der Waals surface area contributed by atoms with Crippen LogP contribution in [-0.4, -0.2) is 16.9 Å². The number of hydrogen-bond acceptors (Lipinski definition) is 4. The highest BCUT2D eigenvalue weighted by Crippen LogP contribution is 2.22. The minimum atomic E-state index is 0.0612. The maximum atomic E-state index is 12.2. The summed E-state index contributed by atoms with van der Waals surface area (Å²) in [7, 11) is 0. The molecule has 3 rings (SSSR count). The predicted molar refractivity (Wildman–Crippen MR) is 85.4 cm³/mol. The fourth-order valence-corrected chi connectivity index (χ4v) is 3.69. The number of aromatic nitrogens is 1. The van der Waals surface area contributed by atoms with Crippen LogP contribution in [0.15, 0.2) is 24.3 Å². The highest BCUT2D eigenvalue weighted by Gasteiger charge is 2.20. The van der Waals surface area contributed by atoms with E-state index in [2.05, 4.69) is 34.6 Å². The Balaban J connectivity index is 1.60. The fourth-order valence-electron chi connectivity index (χ4n) is 2.86. The van der Waals surface area contributed by atoms with Crippen LogP contribution in [0.5, 0.6) is 0 Å². The maximum Gasteiger partial charge on any atom is 0.225 e. The minimum absolute atomic E-state index is 0.0612. The van der Waals surface area contributed by atoms with Crippen molar-refractivity contribution in [2.45, 2.75) is 38.6 Å². The lowest BCUT2D eigenvalue weighted by molar-refractivity contribution is -0.121. The smallest absolute Gasteiger partial charge is 0.225 e. The van der Waals surface area contributed by atoms with Crippen LogP contribution in [0.2, 0.25) is 0 Å². The molecule has 1 atom stereocenters. The van der Waals surface area contributed by atoms with Gasteiger partial charge in [0, 0.05) is 10.9 Å². The Kier molecular flexibility index (Phi) is 3.92. The Morgan fingerprint density at radius 1 is 1.43 bits per heavy atom. The van der Waals surface area contributed by atoms with Crippen LogP contribution in [0.1, 0.15) is 28.1 Å². The van der Waals surface area contributed by atoms with Crippen LogP contribution >= 0.6 is 11.3 Å². The molecule has 1 amide bonds. The van der Waals surface area contributed by atoms with Gasteiger partial charge in [0.05, 0.1) is 12.1 Å². The monoisotopic (exact) mass is 301 g/mol. The number of amides is 1. The standard InChI is InChI=1S/C16H19N3OS/c1-10-14(21-16(17)18-10)9-15(20)19-13-7-6-11-4-2-3-5-12(11)8-13/h2-5,13H,6-9H2,1H3,(H2,17,18)(H,19,20)/t13-/m0/s1. The van der Waals surface area contributed by atoms with Gasteiger partial charge in [-0.15, -0.1) is 11.3 Å². The Morgan fingerprint density at radius 3 is 2.90 bits per heavy atom. The lowest BCUT2D eigenvalue weighted by atomic mass is 9.88. The third-order valence-electron chi connectivity index (χ3n) is 3.94. The number of fused-ring (bicyclic) bond motifs is 1. The molecule has 1 aromatic carbocycles. The molecule has 4 nitrogen and oxygen atoms in total. The molecule has 0 saturated carbocycles. The van der Waals surface area contributed by atoms with E-state index < -0.39 is 0 Å². The van der Waals surface area contributed by atoms with E-state index in [0.29, 0.717) is 11.6 Å². The molecule has 0 aliphatic heterocycles. The van der Waals surface area contributed by atoms with Gasteiger partial charge in [0.2, 0.25) is 5.91 Å². The summed E-state index contributed by atoms with van der Waals surface area (Å²) in [5.41, 5.74) is 9.30. The number of nitrogens with one attached hydrogen (secondary N) is 1. The summed E-state index contributed by atoms with van der Waals surface area (Å²) >= 11 is 1.40. The van der Waals surface area contributed by atoms with Crippen LogP contribution in [0, 0.1) is 6.92 Å². The number of rotatable bonds is 3. The van der Waals surface area contributed by atoms with E-state index in [0.717, 1.165) is 29.8 Å². The number of carbonyl (C=O) groups is 1. The van der Waals surface area contributed by atoms with Crippen molar-refractivity contribution in [3.63, 3.8) is 0 Å². The maximum absolute atomic E-state index is 12.2. The van der Waals surface area contributed by atoms with Gasteiger partial charge in [-0.1, -0.05) is 24.3 Å². The van der Waals surface area contributed by atoms with Gasteiger partial charge < -0.3 is 11.1 Å². The molecule has 0 bridgehead atoms. The molecule has 21 heavy (non-hydrogen) atoms. The van der Waals surface area contributed by atoms with Gasteiger partial charge in [0.25, 0.3) is 0 Å². The summed E-state index contributed by atoms with van der Waals surface area (Å²) in [6, 6.07) is 8.71. The number of benzene rings is 1. The zero-order chi connectivity index (χ0) is 14.8. The van der Waals surface area contributed by atoms with Crippen LogP contribution in [-0.2, 0) is 24.1 Å². The molecule has 3 N–H and O–H groups in total. The summed E-state index contributed by atoms with van der Waals surface area (Å²) < 4.78 is 0. The zero-order valence-electron chi connectivity index (χ0n) is 12.1. The van der Waals surface area contributed by atoms with Gasteiger partial charge >= 0.3 is 0 Å². The molecular formula is C16H19N3OS. The first kappa shape index (κ1) is 14.1. The van der Waals surface area contributed by atoms with Crippen LogP contribution in [0.4, 0.5) is 5.13 Å². The van der Waals surface area contributed by atoms with Crippen molar-refractivity contribution in [2.24, 2.45) is 0 Å². The minimum Gasteiger partial charge on any atom is -0.375 e. The SMILES string of the molecule is Cc1nc(N)sc1CC(=O)N[C@H]1CCc2ccccc2C1. The molecule has 0 saturated heterocycles. The van der Waals surface area contributed by atoms with Crippen molar-refractivity contribution in [1.82, 2.24) is 10.3 Å². The second-order valence-corrected chi connectivity index (χ2v) is 6.63. The van der Waals surface area contributed by atoms with Gasteiger partial charge in [0.15, 0.2) is 5.13 Å². The normalized spacial score (nSPS) is 17.3. The topological polar surface area (TPSA) is 68.0 Å². The van der Waals surface area contributed by atoms with E-state index in [1.54, 1.807) is 0 Å². The predicted octanol–water partition coefficient (Wildman–Crippen LogP) is 2.25. The van der Waals surface area contributed by atoms with Crippen molar-refractivity contribution in [2.75, 3.05) is 5.73 Å². The van der Waals surface area contributed by atoms with E-state index in [1.807, 2.05) is 6.92 Å². The van der Waals surface area contributed by atoms with Crippen molar-refractivity contribution < 1.29 is 4.79 Å². The highest BCUT2D eigenvalue weighted by molar-refractivity contribution is 7.15. The van der Waals surface area contributed by atoms with Gasteiger partial charge in [-0.2, -0.15) is 0 Å². The summed E-state index contributed by atoms with van der Waals surface area (Å²) in [4.78, 5) is 17.3. The van der Waals surface area contributed by atoms with E-state index in [-0.39, 0.29) is 11.9 Å². The largest absolute Gasteiger partial charge is 0.375 e. The first-order chi connectivity index (χ1) is 10.1. The Bertz CT molecular complexity index is 665. The van der Waals surface area contributed by atoms with Crippen molar-refractivity contribution in [3.8, 4) is 0 Å². The zero-order valence-corrected chi connectivity index (χ0v) is 12.9. The quantitative estimate of drug-likeness (QED) is 0.913. The van der Waals surface area contributed by atoms with Crippen molar-refractivity contribution >= 4 is 22.4 Å². The fraction of sp³-hybridized carbons (Fsp3) is 0.375. The number of aryl methyl sites for hydroxylation is 2. The molecule has 2 aromatic rings. The number of hydrogen-bond donors (Lipinski definition) is 2. The summed E-state index contributed by atoms with van der Waals surface area (Å²) in [5.74, 6) is 0.0612. The number of thiazole rings is 1. The van der Waals surface area contributed by atoms with E-state index >= 15 is 0 Å². The molecule has 1 aromatic heterocycles. The first-order valence-corrected chi connectivity index (χ1v) is 8.01. The first-order valence-electron chi connectivity index (χ1n) is 7.19. The molecule has 0 spiro atoms. The number of carbonyl (C=O) groups excluding carboxylic acids is 1. The Hall–Kier alpha value is -1.88. The van der Waals surface area contributed by atoms with Crippen LogP contribution in [0.25, 0.3) is 0 Å². The van der Waals surface area contributed by atoms with Gasteiger partial charge in [0.1, 0.15) is 0 Å². The molecule has 5 heteroatoms. The van der Waals surface area contributed by atoms with E-state index in [9.17, 15) is 4.79 Å². The van der Waals surface area contributed by atoms with E-state index in [4.69, 9.17) is 5.73 Å². The van der Waals surface area contributed by atoms with Gasteiger partial charge in [-0.05, 0) is 37.3 Å². The molecule has 1 heterocycles. The van der Waals surface area contributed by atoms with Crippen LogP contribution < -0.4 is 11.1 Å². The van der Waals surface area contributed by atoms with Crippen molar-refractivity contribution in [3.05, 3.63) is 46.0 Å². The van der Waals surface area contributed by atoms with Gasteiger partial charge in [-0.3, -0.25) is 4.79 Å². The molecule has 0 radical (unpaired) electrons. The second kappa shape index (κ2) is 5.85.